The summed E-state index contributed by atoms with van der Waals surface area (Å²) in [6, 6.07) is 0.428. The van der Waals surface area contributed by atoms with Crippen LogP contribution in [-0.2, 0) is 4.79 Å². The molecule has 3 heteroatoms. The van der Waals surface area contributed by atoms with Crippen LogP contribution in [-0.4, -0.2) is 25.5 Å². The molecule has 1 fully saturated rings. The van der Waals surface area contributed by atoms with Crippen molar-refractivity contribution in [1.82, 2.24) is 10.6 Å². The van der Waals surface area contributed by atoms with Gasteiger partial charge in [-0.05, 0) is 38.6 Å². The van der Waals surface area contributed by atoms with Crippen molar-refractivity contribution in [2.24, 2.45) is 5.92 Å². The van der Waals surface area contributed by atoms with Crippen LogP contribution in [0.2, 0.25) is 0 Å². The number of hydrogen-bond acceptors (Lipinski definition) is 2. The maximum absolute atomic E-state index is 11.2. The van der Waals surface area contributed by atoms with Gasteiger partial charge in [0.1, 0.15) is 0 Å². The molecule has 1 saturated carbocycles. The van der Waals surface area contributed by atoms with Crippen LogP contribution < -0.4 is 10.6 Å². The predicted octanol–water partition coefficient (Wildman–Crippen LogP) is 0.901. The Labute approximate surface area is 80.3 Å². The van der Waals surface area contributed by atoms with E-state index in [0.29, 0.717) is 12.6 Å². The van der Waals surface area contributed by atoms with Gasteiger partial charge in [-0.3, -0.25) is 4.79 Å². The minimum absolute atomic E-state index is 0.127. The molecule has 0 spiro atoms. The van der Waals surface area contributed by atoms with Gasteiger partial charge in [-0.1, -0.05) is 6.92 Å². The number of nitrogens with one attached hydrogen (secondary N) is 2. The summed E-state index contributed by atoms with van der Waals surface area (Å²) in [5, 5.41) is 5.89. The Balaban J connectivity index is 2.18. The lowest BCUT2D eigenvalue weighted by atomic mass is 9.87. The minimum atomic E-state index is 0.127. The Morgan fingerprint density at radius 1 is 1.31 bits per heavy atom. The van der Waals surface area contributed by atoms with Gasteiger partial charge in [-0.15, -0.1) is 0 Å². The summed E-state index contributed by atoms with van der Waals surface area (Å²) in [6.07, 6.45) is 4.81. The average molecular weight is 184 g/mol. The summed E-state index contributed by atoms with van der Waals surface area (Å²) in [6.45, 7) is 2.72. The largest absolute Gasteiger partial charge is 0.352 e. The Hall–Kier alpha value is -0.570. The molecule has 0 aromatic rings. The van der Waals surface area contributed by atoms with Crippen molar-refractivity contribution < 1.29 is 4.79 Å². The molecular formula is C10H20N2O. The molecule has 3 nitrogen and oxygen atoms in total. The number of rotatable bonds is 3. The lowest BCUT2D eigenvalue weighted by molar-refractivity contribution is -0.121. The first-order chi connectivity index (χ1) is 6.22. The zero-order valence-corrected chi connectivity index (χ0v) is 8.60. The lowest BCUT2D eigenvalue weighted by Crippen LogP contribution is -2.41. The molecule has 1 rings (SSSR count). The van der Waals surface area contributed by atoms with Gasteiger partial charge >= 0.3 is 0 Å². The highest BCUT2D eigenvalue weighted by Gasteiger charge is 2.18. The molecule has 2 N–H and O–H groups in total. The molecule has 0 saturated heterocycles. The fraction of sp³-hybridized carbons (Fsp3) is 0.900. The van der Waals surface area contributed by atoms with Gasteiger partial charge in [0.15, 0.2) is 0 Å². The van der Waals surface area contributed by atoms with Gasteiger partial charge in [0, 0.05) is 6.04 Å². The highest BCUT2D eigenvalue weighted by Crippen LogP contribution is 2.23. The van der Waals surface area contributed by atoms with E-state index < -0.39 is 0 Å². The van der Waals surface area contributed by atoms with Crippen LogP contribution in [0.1, 0.15) is 32.6 Å². The van der Waals surface area contributed by atoms with Crippen molar-refractivity contribution >= 4 is 5.91 Å². The Bertz CT molecular complexity index is 162. The quantitative estimate of drug-likeness (QED) is 0.684. The first-order valence-corrected chi connectivity index (χ1v) is 5.16. The standard InChI is InChI=1S/C10H20N2O/c1-8-3-5-9(6-4-8)12-10(13)7-11-2/h8-9,11H,3-7H2,1-2H3,(H,12,13). The zero-order valence-electron chi connectivity index (χ0n) is 8.60. The normalized spacial score (nSPS) is 28.5. The van der Waals surface area contributed by atoms with E-state index in [2.05, 4.69) is 17.6 Å². The van der Waals surface area contributed by atoms with E-state index >= 15 is 0 Å². The van der Waals surface area contributed by atoms with Gasteiger partial charge < -0.3 is 10.6 Å². The summed E-state index contributed by atoms with van der Waals surface area (Å²) in [4.78, 5) is 11.2. The van der Waals surface area contributed by atoms with Crippen molar-refractivity contribution in [1.29, 1.82) is 0 Å². The van der Waals surface area contributed by atoms with Gasteiger partial charge in [0.25, 0.3) is 0 Å². The molecular weight excluding hydrogens is 164 g/mol. The predicted molar refractivity (Wildman–Crippen MR) is 53.5 cm³/mol. The van der Waals surface area contributed by atoms with Crippen LogP contribution >= 0.6 is 0 Å². The van der Waals surface area contributed by atoms with E-state index in [1.54, 1.807) is 7.05 Å². The minimum Gasteiger partial charge on any atom is -0.352 e. The molecule has 1 aliphatic rings. The Morgan fingerprint density at radius 2 is 1.92 bits per heavy atom. The Morgan fingerprint density at radius 3 is 2.46 bits per heavy atom. The van der Waals surface area contributed by atoms with E-state index in [4.69, 9.17) is 0 Å². The van der Waals surface area contributed by atoms with Crippen molar-refractivity contribution in [3.63, 3.8) is 0 Å². The van der Waals surface area contributed by atoms with Crippen LogP contribution in [0.15, 0.2) is 0 Å². The molecule has 0 heterocycles. The van der Waals surface area contributed by atoms with Gasteiger partial charge in [0.2, 0.25) is 5.91 Å². The number of hydrogen-bond donors (Lipinski definition) is 2. The lowest BCUT2D eigenvalue weighted by Gasteiger charge is -2.26. The highest BCUT2D eigenvalue weighted by molar-refractivity contribution is 5.78. The summed E-state index contributed by atoms with van der Waals surface area (Å²) < 4.78 is 0. The second kappa shape index (κ2) is 5.22. The van der Waals surface area contributed by atoms with Crippen molar-refractivity contribution in [2.45, 2.75) is 38.6 Å². The van der Waals surface area contributed by atoms with E-state index in [1.165, 1.54) is 12.8 Å². The molecule has 1 aliphatic carbocycles. The van der Waals surface area contributed by atoms with E-state index in [9.17, 15) is 4.79 Å². The topological polar surface area (TPSA) is 41.1 Å². The molecule has 0 radical (unpaired) electrons. The van der Waals surface area contributed by atoms with E-state index in [1.807, 2.05) is 0 Å². The maximum atomic E-state index is 11.2. The van der Waals surface area contributed by atoms with Crippen molar-refractivity contribution in [3.05, 3.63) is 0 Å². The van der Waals surface area contributed by atoms with E-state index in [-0.39, 0.29) is 5.91 Å². The van der Waals surface area contributed by atoms with Crippen molar-refractivity contribution in [2.75, 3.05) is 13.6 Å². The zero-order chi connectivity index (χ0) is 9.68. The second-order valence-electron chi connectivity index (χ2n) is 4.05. The van der Waals surface area contributed by atoms with Crippen LogP contribution in [0.5, 0.6) is 0 Å². The molecule has 0 bridgehead atoms. The SMILES string of the molecule is CNCC(=O)NC1CCC(C)CC1. The molecule has 76 valence electrons. The van der Waals surface area contributed by atoms with Gasteiger partial charge in [-0.2, -0.15) is 0 Å². The van der Waals surface area contributed by atoms with Gasteiger partial charge in [0.05, 0.1) is 6.54 Å². The molecule has 0 aromatic carbocycles. The maximum Gasteiger partial charge on any atom is 0.234 e. The third-order valence-corrected chi connectivity index (χ3v) is 2.72. The molecule has 0 aromatic heterocycles. The average Bonchev–Trinajstić information content (AvgIpc) is 2.09. The van der Waals surface area contributed by atoms with Crippen LogP contribution in [0.25, 0.3) is 0 Å². The van der Waals surface area contributed by atoms with Crippen LogP contribution in [0.4, 0.5) is 0 Å². The fourth-order valence-electron chi connectivity index (χ4n) is 1.84. The summed E-state index contributed by atoms with van der Waals surface area (Å²) in [5.41, 5.74) is 0. The third-order valence-electron chi connectivity index (χ3n) is 2.72. The first kappa shape index (κ1) is 10.5. The number of amides is 1. The second-order valence-corrected chi connectivity index (χ2v) is 4.05. The smallest absolute Gasteiger partial charge is 0.234 e. The first-order valence-electron chi connectivity index (χ1n) is 5.16. The van der Waals surface area contributed by atoms with E-state index in [0.717, 1.165) is 18.8 Å². The monoisotopic (exact) mass is 184 g/mol. The number of likely N-dealkylation sites (N-methyl/N-ethyl adjacent to an activating group) is 1. The summed E-state index contributed by atoms with van der Waals surface area (Å²) in [7, 11) is 1.79. The molecule has 1 amide bonds. The number of carbonyl (C=O) groups excluding carboxylic acids is 1. The summed E-state index contributed by atoms with van der Waals surface area (Å²) in [5.74, 6) is 0.972. The number of carbonyl (C=O) groups is 1. The summed E-state index contributed by atoms with van der Waals surface area (Å²) >= 11 is 0. The van der Waals surface area contributed by atoms with Crippen LogP contribution in [0.3, 0.4) is 0 Å². The molecule has 0 aliphatic heterocycles. The molecule has 13 heavy (non-hydrogen) atoms. The third kappa shape index (κ3) is 3.77. The van der Waals surface area contributed by atoms with Crippen LogP contribution in [0, 0.1) is 5.92 Å². The highest BCUT2D eigenvalue weighted by atomic mass is 16.1. The molecule has 0 unspecified atom stereocenters. The van der Waals surface area contributed by atoms with Gasteiger partial charge in [-0.25, -0.2) is 0 Å². The fourth-order valence-corrected chi connectivity index (χ4v) is 1.84. The van der Waals surface area contributed by atoms with Crippen molar-refractivity contribution in [3.8, 4) is 0 Å². The molecule has 0 atom stereocenters. The Kier molecular flexibility index (Phi) is 4.22.